The van der Waals surface area contributed by atoms with E-state index in [0.29, 0.717) is 35.9 Å². The highest BCUT2D eigenvalue weighted by Crippen LogP contribution is 2.41. The zero-order valence-electron chi connectivity index (χ0n) is 12.0. The fourth-order valence-corrected chi connectivity index (χ4v) is 2.21. The second-order valence-electron chi connectivity index (χ2n) is 4.78. The van der Waals surface area contributed by atoms with Crippen molar-refractivity contribution < 1.29 is 19.4 Å². The van der Waals surface area contributed by atoms with Crippen molar-refractivity contribution in [2.75, 3.05) is 24.7 Å². The van der Waals surface area contributed by atoms with E-state index in [1.807, 2.05) is 13.8 Å². The summed E-state index contributed by atoms with van der Waals surface area (Å²) in [7, 11) is 0. The van der Waals surface area contributed by atoms with Gasteiger partial charge >= 0.3 is 0 Å². The highest BCUT2D eigenvalue weighted by atomic mass is 16.5. The van der Waals surface area contributed by atoms with E-state index in [1.54, 1.807) is 17.0 Å². The maximum absolute atomic E-state index is 12.0. The van der Waals surface area contributed by atoms with Crippen molar-refractivity contribution in [3.63, 3.8) is 0 Å². The van der Waals surface area contributed by atoms with Gasteiger partial charge in [0.15, 0.2) is 18.1 Å². The number of nitrogens with zero attached hydrogens (tertiary/aromatic N) is 1. The molecule has 1 aliphatic rings. The third-order valence-electron chi connectivity index (χ3n) is 3.12. The number of hydrogen-bond donors (Lipinski definition) is 1. The van der Waals surface area contributed by atoms with Crippen LogP contribution in [-0.4, -0.2) is 30.8 Å². The molecular formula is C15H21NO4. The van der Waals surface area contributed by atoms with E-state index in [9.17, 15) is 9.90 Å². The third-order valence-corrected chi connectivity index (χ3v) is 3.12. The average Bonchev–Trinajstić information content (AvgIpc) is 2.47. The summed E-state index contributed by atoms with van der Waals surface area (Å²) >= 11 is 0. The normalized spacial score (nSPS) is 13.9. The second kappa shape index (κ2) is 6.61. The molecule has 1 aromatic rings. The molecule has 0 fully saturated rings. The first kappa shape index (κ1) is 14.7. The van der Waals surface area contributed by atoms with Crippen LogP contribution in [0.25, 0.3) is 0 Å². The minimum absolute atomic E-state index is 0.0357. The van der Waals surface area contributed by atoms with Crippen LogP contribution in [0.1, 0.15) is 32.3 Å². The zero-order valence-corrected chi connectivity index (χ0v) is 12.0. The van der Waals surface area contributed by atoms with Gasteiger partial charge in [-0.1, -0.05) is 13.8 Å². The number of anilines is 1. The van der Waals surface area contributed by atoms with Crippen LogP contribution in [0.4, 0.5) is 5.69 Å². The van der Waals surface area contributed by atoms with Gasteiger partial charge in [0.1, 0.15) is 0 Å². The summed E-state index contributed by atoms with van der Waals surface area (Å²) < 4.78 is 11.2. The minimum Gasteiger partial charge on any atom is -0.490 e. The molecule has 0 radical (unpaired) electrons. The Labute approximate surface area is 119 Å². The van der Waals surface area contributed by atoms with E-state index in [1.165, 1.54) is 0 Å². The molecule has 1 heterocycles. The summed E-state index contributed by atoms with van der Waals surface area (Å²) in [5.41, 5.74) is 1.41. The van der Waals surface area contributed by atoms with Crippen molar-refractivity contribution >= 4 is 11.6 Å². The van der Waals surface area contributed by atoms with Crippen LogP contribution in [0.3, 0.4) is 0 Å². The Balaban J connectivity index is 2.43. The molecule has 110 valence electrons. The van der Waals surface area contributed by atoms with Crippen LogP contribution in [0.5, 0.6) is 11.5 Å². The van der Waals surface area contributed by atoms with Crippen molar-refractivity contribution in [2.24, 2.45) is 0 Å². The van der Waals surface area contributed by atoms with E-state index in [0.717, 1.165) is 12.8 Å². The summed E-state index contributed by atoms with van der Waals surface area (Å²) in [6, 6.07) is 3.56. The lowest BCUT2D eigenvalue weighted by atomic mass is 10.1. The van der Waals surface area contributed by atoms with Crippen LogP contribution in [0.15, 0.2) is 12.1 Å². The number of rotatable bonds is 6. The lowest BCUT2D eigenvalue weighted by Gasteiger charge is -2.30. The van der Waals surface area contributed by atoms with Gasteiger partial charge in [-0.3, -0.25) is 4.79 Å². The summed E-state index contributed by atoms with van der Waals surface area (Å²) in [5.74, 6) is 1.14. The predicted octanol–water partition coefficient (Wildman–Crippen LogP) is 2.10. The van der Waals surface area contributed by atoms with Gasteiger partial charge in [0.25, 0.3) is 5.91 Å². The van der Waals surface area contributed by atoms with Crippen LogP contribution >= 0.6 is 0 Å². The maximum atomic E-state index is 12.0. The molecule has 1 aliphatic heterocycles. The van der Waals surface area contributed by atoms with Gasteiger partial charge in [-0.25, -0.2) is 0 Å². The van der Waals surface area contributed by atoms with E-state index in [2.05, 4.69) is 0 Å². The molecule has 5 heteroatoms. The number of aliphatic hydroxyl groups excluding tert-OH is 1. The fraction of sp³-hybridized carbons (Fsp3) is 0.533. The Morgan fingerprint density at radius 3 is 2.80 bits per heavy atom. The van der Waals surface area contributed by atoms with Gasteiger partial charge in [-0.05, 0) is 30.5 Å². The molecule has 2 rings (SSSR count). The number of hydrogen-bond acceptors (Lipinski definition) is 4. The first-order chi connectivity index (χ1) is 9.71. The summed E-state index contributed by atoms with van der Waals surface area (Å²) in [5, 5.41) is 9.37. The molecule has 0 unspecified atom stereocenters. The van der Waals surface area contributed by atoms with Crippen LogP contribution in [0.2, 0.25) is 0 Å². The SMILES string of the molecule is CCCOc1cc(CO)cc2c1OCC(=O)N2CCC. The summed E-state index contributed by atoms with van der Waals surface area (Å²) in [6.45, 7) is 5.20. The van der Waals surface area contributed by atoms with Crippen molar-refractivity contribution in [3.05, 3.63) is 17.7 Å². The minimum atomic E-state index is -0.0933. The topological polar surface area (TPSA) is 59.0 Å². The quantitative estimate of drug-likeness (QED) is 0.866. The number of carbonyl (C=O) groups excluding carboxylic acids is 1. The molecule has 0 saturated carbocycles. The molecule has 1 N–H and O–H groups in total. The van der Waals surface area contributed by atoms with Crippen molar-refractivity contribution in [1.29, 1.82) is 0 Å². The summed E-state index contributed by atoms with van der Waals surface area (Å²) in [6.07, 6.45) is 1.75. The smallest absolute Gasteiger partial charge is 0.265 e. The van der Waals surface area contributed by atoms with Crippen LogP contribution in [-0.2, 0) is 11.4 Å². The van der Waals surface area contributed by atoms with Crippen molar-refractivity contribution in [2.45, 2.75) is 33.3 Å². The van der Waals surface area contributed by atoms with Crippen molar-refractivity contribution in [1.82, 2.24) is 0 Å². The Hall–Kier alpha value is -1.75. The predicted molar refractivity (Wildman–Crippen MR) is 76.3 cm³/mol. The van der Waals surface area contributed by atoms with E-state index < -0.39 is 0 Å². The maximum Gasteiger partial charge on any atom is 0.265 e. The standard InChI is InChI=1S/C15H21NO4/c1-3-5-16-12-7-11(9-17)8-13(19-6-4-2)15(12)20-10-14(16)18/h7-8,17H,3-6,9-10H2,1-2H3. The number of aliphatic hydroxyl groups is 1. The van der Waals surface area contributed by atoms with Gasteiger partial charge in [0.2, 0.25) is 0 Å². The summed E-state index contributed by atoms with van der Waals surface area (Å²) in [4.78, 5) is 13.7. The van der Waals surface area contributed by atoms with Gasteiger partial charge in [0, 0.05) is 6.54 Å². The third kappa shape index (κ3) is 2.88. The Morgan fingerprint density at radius 1 is 1.35 bits per heavy atom. The zero-order chi connectivity index (χ0) is 14.5. The number of benzene rings is 1. The number of amides is 1. The molecule has 0 spiro atoms. The number of ether oxygens (including phenoxy) is 2. The van der Waals surface area contributed by atoms with E-state index >= 15 is 0 Å². The van der Waals surface area contributed by atoms with Crippen LogP contribution in [0, 0.1) is 0 Å². The highest BCUT2D eigenvalue weighted by molar-refractivity contribution is 5.98. The largest absolute Gasteiger partial charge is 0.490 e. The first-order valence-corrected chi connectivity index (χ1v) is 7.05. The van der Waals surface area contributed by atoms with Gasteiger partial charge in [-0.15, -0.1) is 0 Å². The van der Waals surface area contributed by atoms with E-state index in [4.69, 9.17) is 9.47 Å². The molecule has 20 heavy (non-hydrogen) atoms. The molecular weight excluding hydrogens is 258 g/mol. The Kier molecular flexibility index (Phi) is 4.84. The fourth-order valence-electron chi connectivity index (χ4n) is 2.21. The lowest BCUT2D eigenvalue weighted by Crippen LogP contribution is -2.39. The second-order valence-corrected chi connectivity index (χ2v) is 4.78. The monoisotopic (exact) mass is 279 g/mol. The van der Waals surface area contributed by atoms with Gasteiger partial charge < -0.3 is 19.5 Å². The molecule has 0 atom stereocenters. The Bertz CT molecular complexity index is 487. The van der Waals surface area contributed by atoms with Gasteiger partial charge in [-0.2, -0.15) is 0 Å². The molecule has 1 amide bonds. The Morgan fingerprint density at radius 2 is 2.15 bits per heavy atom. The van der Waals surface area contributed by atoms with E-state index in [-0.39, 0.29) is 19.1 Å². The molecule has 5 nitrogen and oxygen atoms in total. The number of carbonyl (C=O) groups is 1. The van der Waals surface area contributed by atoms with Crippen LogP contribution < -0.4 is 14.4 Å². The lowest BCUT2D eigenvalue weighted by molar-refractivity contribution is -0.121. The molecule has 0 aliphatic carbocycles. The molecule has 0 aromatic heterocycles. The molecule has 1 aromatic carbocycles. The molecule has 0 saturated heterocycles. The van der Waals surface area contributed by atoms with Gasteiger partial charge in [0.05, 0.1) is 18.9 Å². The number of fused-ring (bicyclic) bond motifs is 1. The first-order valence-electron chi connectivity index (χ1n) is 7.05. The molecule has 0 bridgehead atoms. The highest BCUT2D eigenvalue weighted by Gasteiger charge is 2.28. The van der Waals surface area contributed by atoms with Crippen molar-refractivity contribution in [3.8, 4) is 11.5 Å². The average molecular weight is 279 g/mol.